The quantitative estimate of drug-likeness (QED) is 0.499. The molecule has 0 unspecified atom stereocenters. The number of carbonyl (C=O) groups is 1. The lowest BCUT2D eigenvalue weighted by Gasteiger charge is -2.27. The third kappa shape index (κ3) is 5.07. The number of halogens is 3. The molecule has 34 heavy (non-hydrogen) atoms. The third-order valence-electron chi connectivity index (χ3n) is 6.36. The van der Waals surface area contributed by atoms with Gasteiger partial charge in [0.05, 0.1) is 17.2 Å². The summed E-state index contributed by atoms with van der Waals surface area (Å²) in [4.78, 5) is 16.2. The van der Waals surface area contributed by atoms with E-state index in [-0.39, 0.29) is 17.4 Å². The summed E-state index contributed by atoms with van der Waals surface area (Å²) in [6.45, 7) is 3.82. The predicted molar refractivity (Wildman–Crippen MR) is 122 cm³/mol. The van der Waals surface area contributed by atoms with E-state index in [2.05, 4.69) is 10.3 Å². The monoisotopic (exact) mass is 475 g/mol. The molecule has 0 bridgehead atoms. The van der Waals surface area contributed by atoms with Crippen LogP contribution in [0.4, 0.5) is 18.9 Å². The highest BCUT2D eigenvalue weighted by atomic mass is 19.4. The van der Waals surface area contributed by atoms with Crippen molar-refractivity contribution in [3.8, 4) is 0 Å². The molecule has 1 aliphatic carbocycles. The van der Waals surface area contributed by atoms with Crippen molar-refractivity contribution in [1.29, 1.82) is 0 Å². The molecular formula is C24H28F3N5O2. The SMILES string of the molecule is CC(C)(O)c1cc2nn(C3CCC(CN)CC3)cc2cc1NC(=O)c1cccc(C(F)(F)F)n1. The van der Waals surface area contributed by atoms with Crippen molar-refractivity contribution in [2.75, 3.05) is 11.9 Å². The molecular weight excluding hydrogens is 447 g/mol. The van der Waals surface area contributed by atoms with Crippen LogP contribution < -0.4 is 11.1 Å². The number of carbonyl (C=O) groups excluding carboxylic acids is 1. The summed E-state index contributed by atoms with van der Waals surface area (Å²) in [5, 5.41) is 18.8. The maximum atomic E-state index is 13.0. The molecule has 1 saturated carbocycles. The van der Waals surface area contributed by atoms with Gasteiger partial charge in [-0.1, -0.05) is 6.07 Å². The van der Waals surface area contributed by atoms with Gasteiger partial charge < -0.3 is 16.2 Å². The minimum absolute atomic E-state index is 0.244. The van der Waals surface area contributed by atoms with Gasteiger partial charge in [0.15, 0.2) is 0 Å². The normalized spacial score (nSPS) is 19.4. The molecule has 7 nitrogen and oxygen atoms in total. The lowest BCUT2D eigenvalue weighted by Crippen LogP contribution is -2.23. The summed E-state index contributed by atoms with van der Waals surface area (Å²) in [6.07, 6.45) is 1.26. The summed E-state index contributed by atoms with van der Waals surface area (Å²) in [5.74, 6) is -0.266. The Morgan fingerprint density at radius 3 is 2.53 bits per heavy atom. The first-order chi connectivity index (χ1) is 16.0. The standard InChI is InChI=1S/C24H28F3N5O2/c1-23(2,34)17-11-19-15(13-32(31-19)16-8-6-14(12-28)7-9-16)10-20(17)30-22(33)18-4-3-5-21(29-18)24(25,26)27/h3-5,10-11,13-14,16,34H,6-9,12,28H2,1-2H3,(H,30,33). The molecule has 10 heteroatoms. The number of benzene rings is 1. The molecule has 3 aromatic rings. The van der Waals surface area contributed by atoms with Gasteiger partial charge in [-0.15, -0.1) is 0 Å². The fraction of sp³-hybridized carbons (Fsp3) is 0.458. The molecule has 0 spiro atoms. The van der Waals surface area contributed by atoms with Gasteiger partial charge in [0.2, 0.25) is 0 Å². The molecule has 0 aliphatic heterocycles. The Hall–Kier alpha value is -2.98. The number of aromatic nitrogens is 3. The summed E-state index contributed by atoms with van der Waals surface area (Å²) >= 11 is 0. The minimum atomic E-state index is -4.66. The smallest absolute Gasteiger partial charge is 0.386 e. The first kappa shape index (κ1) is 24.2. The number of aliphatic hydroxyl groups is 1. The summed E-state index contributed by atoms with van der Waals surface area (Å²) < 4.78 is 40.9. The van der Waals surface area contributed by atoms with E-state index in [1.807, 2.05) is 10.9 Å². The van der Waals surface area contributed by atoms with Gasteiger partial charge in [0.1, 0.15) is 11.4 Å². The number of nitrogens with zero attached hydrogens (tertiary/aromatic N) is 3. The van der Waals surface area contributed by atoms with Crippen molar-refractivity contribution in [1.82, 2.24) is 14.8 Å². The Morgan fingerprint density at radius 2 is 1.91 bits per heavy atom. The lowest BCUT2D eigenvalue weighted by atomic mass is 9.86. The van der Waals surface area contributed by atoms with Gasteiger partial charge in [0, 0.05) is 22.8 Å². The van der Waals surface area contributed by atoms with Crippen LogP contribution in [0, 0.1) is 5.92 Å². The summed E-state index contributed by atoms with van der Waals surface area (Å²) in [5.41, 5.74) is 4.29. The maximum absolute atomic E-state index is 13.0. The second kappa shape index (κ2) is 8.99. The van der Waals surface area contributed by atoms with Crippen molar-refractivity contribution in [3.05, 3.63) is 53.5 Å². The molecule has 2 heterocycles. The zero-order valence-corrected chi connectivity index (χ0v) is 19.1. The molecule has 182 valence electrons. The van der Waals surface area contributed by atoms with E-state index in [1.54, 1.807) is 26.0 Å². The zero-order valence-electron chi connectivity index (χ0n) is 19.1. The molecule has 0 radical (unpaired) electrons. The Balaban J connectivity index is 1.66. The summed E-state index contributed by atoms with van der Waals surface area (Å²) in [6, 6.07) is 6.78. The molecule has 1 fully saturated rings. The maximum Gasteiger partial charge on any atom is 0.433 e. The number of nitrogens with two attached hydrogens (primary N) is 1. The van der Waals surface area contributed by atoms with Crippen LogP contribution in [0.15, 0.2) is 36.5 Å². The number of pyridine rings is 1. The van der Waals surface area contributed by atoms with Crippen molar-refractivity contribution in [2.45, 2.75) is 57.3 Å². The van der Waals surface area contributed by atoms with Crippen molar-refractivity contribution in [2.24, 2.45) is 11.7 Å². The number of fused-ring (bicyclic) bond motifs is 1. The highest BCUT2D eigenvalue weighted by molar-refractivity contribution is 6.04. The summed E-state index contributed by atoms with van der Waals surface area (Å²) in [7, 11) is 0. The Bertz CT molecular complexity index is 1190. The molecule has 2 aromatic heterocycles. The van der Waals surface area contributed by atoms with E-state index in [1.165, 1.54) is 6.07 Å². The number of amides is 1. The first-order valence-corrected chi connectivity index (χ1v) is 11.3. The number of nitrogens with one attached hydrogen (secondary N) is 1. The largest absolute Gasteiger partial charge is 0.433 e. The van der Waals surface area contributed by atoms with Crippen LogP contribution in [-0.2, 0) is 11.8 Å². The highest BCUT2D eigenvalue weighted by Crippen LogP contribution is 2.35. The van der Waals surface area contributed by atoms with Crippen LogP contribution in [0.25, 0.3) is 10.9 Å². The number of alkyl halides is 3. The van der Waals surface area contributed by atoms with E-state index in [0.29, 0.717) is 23.5 Å². The fourth-order valence-corrected chi connectivity index (χ4v) is 4.44. The Labute approximate surface area is 195 Å². The van der Waals surface area contributed by atoms with E-state index in [0.717, 1.165) is 43.2 Å². The molecule has 0 saturated heterocycles. The Morgan fingerprint density at radius 1 is 1.21 bits per heavy atom. The second-order valence-electron chi connectivity index (χ2n) is 9.39. The number of hydrogen-bond acceptors (Lipinski definition) is 5. The molecule has 1 amide bonds. The minimum Gasteiger partial charge on any atom is -0.386 e. The number of hydrogen-bond donors (Lipinski definition) is 3. The van der Waals surface area contributed by atoms with Crippen molar-refractivity contribution in [3.63, 3.8) is 0 Å². The van der Waals surface area contributed by atoms with Gasteiger partial charge in [0.25, 0.3) is 5.91 Å². The van der Waals surface area contributed by atoms with E-state index < -0.39 is 23.4 Å². The number of anilines is 1. The van der Waals surface area contributed by atoms with E-state index in [9.17, 15) is 23.1 Å². The highest BCUT2D eigenvalue weighted by Gasteiger charge is 2.33. The average molecular weight is 476 g/mol. The van der Waals surface area contributed by atoms with Gasteiger partial charge in [-0.25, -0.2) is 4.98 Å². The van der Waals surface area contributed by atoms with Crippen LogP contribution in [-0.4, -0.2) is 32.3 Å². The van der Waals surface area contributed by atoms with Crippen molar-refractivity contribution < 1.29 is 23.1 Å². The number of rotatable bonds is 5. The van der Waals surface area contributed by atoms with E-state index >= 15 is 0 Å². The van der Waals surface area contributed by atoms with Crippen molar-refractivity contribution >= 4 is 22.5 Å². The Kier molecular flexibility index (Phi) is 6.39. The lowest BCUT2D eigenvalue weighted by molar-refractivity contribution is -0.141. The van der Waals surface area contributed by atoms with Crippen LogP contribution >= 0.6 is 0 Å². The second-order valence-corrected chi connectivity index (χ2v) is 9.39. The van der Waals surface area contributed by atoms with E-state index in [4.69, 9.17) is 10.8 Å². The molecule has 4 rings (SSSR count). The van der Waals surface area contributed by atoms with Gasteiger partial charge in [-0.2, -0.15) is 18.3 Å². The van der Waals surface area contributed by atoms with Gasteiger partial charge in [-0.05, 0) is 76.3 Å². The van der Waals surface area contributed by atoms with Gasteiger partial charge in [-0.3, -0.25) is 9.48 Å². The first-order valence-electron chi connectivity index (χ1n) is 11.3. The average Bonchev–Trinajstić information content (AvgIpc) is 3.20. The third-order valence-corrected chi connectivity index (χ3v) is 6.36. The molecule has 1 aromatic carbocycles. The van der Waals surface area contributed by atoms with Crippen LogP contribution in [0.5, 0.6) is 0 Å². The topological polar surface area (TPSA) is 106 Å². The zero-order chi connectivity index (χ0) is 24.7. The van der Waals surface area contributed by atoms with Crippen LogP contribution in [0.1, 0.15) is 67.3 Å². The van der Waals surface area contributed by atoms with Crippen LogP contribution in [0.3, 0.4) is 0 Å². The fourth-order valence-electron chi connectivity index (χ4n) is 4.44. The predicted octanol–water partition coefficient (Wildman–Crippen LogP) is 4.62. The van der Waals surface area contributed by atoms with Crippen LogP contribution in [0.2, 0.25) is 0 Å². The molecule has 1 aliphatic rings. The molecule has 0 atom stereocenters. The molecule has 4 N–H and O–H groups in total. The van der Waals surface area contributed by atoms with Gasteiger partial charge >= 0.3 is 6.18 Å².